The van der Waals surface area contributed by atoms with Crippen molar-refractivity contribution >= 4 is 17.3 Å². The van der Waals surface area contributed by atoms with Gasteiger partial charge < -0.3 is 10.2 Å². The number of nitrogens with one attached hydrogen (secondary N) is 1. The van der Waals surface area contributed by atoms with Crippen LogP contribution in [0.1, 0.15) is 29.8 Å². The van der Waals surface area contributed by atoms with Crippen LogP contribution >= 0.6 is 0 Å². The van der Waals surface area contributed by atoms with E-state index in [1.54, 1.807) is 24.8 Å². The summed E-state index contributed by atoms with van der Waals surface area (Å²) in [6.07, 6.45) is 3.33. The Morgan fingerprint density at radius 1 is 1.32 bits per heavy atom. The fourth-order valence-electron chi connectivity index (χ4n) is 2.39. The number of rotatable bonds is 4. The molecule has 2 aromatic rings. The molecule has 2 amide bonds. The zero-order valence-electron chi connectivity index (χ0n) is 13.6. The van der Waals surface area contributed by atoms with Gasteiger partial charge in [-0.25, -0.2) is 4.52 Å². The monoisotopic (exact) mass is 302 g/mol. The number of pyridine rings is 1. The van der Waals surface area contributed by atoms with Crippen LogP contribution in [0.5, 0.6) is 0 Å². The molecule has 2 aromatic heterocycles. The predicted octanol–water partition coefficient (Wildman–Crippen LogP) is 1.49. The molecule has 2 heterocycles. The highest BCUT2D eigenvalue weighted by Crippen LogP contribution is 2.16. The summed E-state index contributed by atoms with van der Waals surface area (Å²) in [7, 11) is 3.37. The van der Waals surface area contributed by atoms with E-state index in [2.05, 4.69) is 10.4 Å². The van der Waals surface area contributed by atoms with Crippen molar-refractivity contribution in [1.82, 2.24) is 19.8 Å². The lowest BCUT2D eigenvalue weighted by atomic mass is 10.0. The summed E-state index contributed by atoms with van der Waals surface area (Å²) in [4.78, 5) is 26.3. The highest BCUT2D eigenvalue weighted by Gasteiger charge is 2.27. The first-order valence-corrected chi connectivity index (χ1v) is 7.28. The molecule has 0 aromatic carbocycles. The molecule has 0 saturated heterocycles. The van der Waals surface area contributed by atoms with Gasteiger partial charge in [-0.05, 0) is 24.5 Å². The molecule has 2 rings (SSSR count). The largest absolute Gasteiger partial charge is 0.347 e. The zero-order valence-corrected chi connectivity index (χ0v) is 13.6. The number of likely N-dealkylation sites (N-methyl/N-ethyl adjacent to an activating group) is 1. The van der Waals surface area contributed by atoms with Gasteiger partial charge in [-0.2, -0.15) is 5.10 Å². The third kappa shape index (κ3) is 2.95. The van der Waals surface area contributed by atoms with Gasteiger partial charge in [0, 0.05) is 20.3 Å². The van der Waals surface area contributed by atoms with Gasteiger partial charge in [0.2, 0.25) is 5.91 Å². The molecule has 0 radical (unpaired) electrons. The van der Waals surface area contributed by atoms with E-state index >= 15 is 0 Å². The van der Waals surface area contributed by atoms with Crippen molar-refractivity contribution in [2.24, 2.45) is 5.92 Å². The summed E-state index contributed by atoms with van der Waals surface area (Å²) in [6.45, 7) is 5.75. The summed E-state index contributed by atoms with van der Waals surface area (Å²) in [5.41, 5.74) is 2.21. The van der Waals surface area contributed by atoms with E-state index in [0.29, 0.717) is 5.56 Å². The molecule has 6 heteroatoms. The Morgan fingerprint density at radius 3 is 2.59 bits per heavy atom. The highest BCUT2D eigenvalue weighted by molar-refractivity contribution is 6.03. The Hall–Kier alpha value is -2.37. The van der Waals surface area contributed by atoms with Crippen molar-refractivity contribution in [2.45, 2.75) is 26.8 Å². The van der Waals surface area contributed by atoms with Crippen LogP contribution in [-0.2, 0) is 4.79 Å². The lowest BCUT2D eigenvalue weighted by molar-refractivity contribution is -0.131. The molecule has 1 N–H and O–H groups in total. The van der Waals surface area contributed by atoms with E-state index < -0.39 is 6.04 Å². The summed E-state index contributed by atoms with van der Waals surface area (Å²) in [6, 6.07) is 3.25. The minimum atomic E-state index is -0.554. The standard InChI is InChI=1S/C16H22N4O2/c1-10(2)13(16(22)19(4)5)18-15(21)12-9-17-20-8-6-7-11(3)14(12)20/h6-10,13H,1-5H3,(H,18,21). The number of fused-ring (bicyclic) bond motifs is 1. The normalized spacial score (nSPS) is 12.5. The van der Waals surface area contributed by atoms with Crippen LogP contribution in [0.4, 0.5) is 0 Å². The van der Waals surface area contributed by atoms with Crippen LogP contribution in [0.2, 0.25) is 0 Å². The SMILES string of the molecule is Cc1cccn2ncc(C(=O)NC(C(=O)N(C)C)C(C)C)c12. The number of carbonyl (C=O) groups excluding carboxylic acids is 2. The smallest absolute Gasteiger partial charge is 0.255 e. The predicted molar refractivity (Wildman–Crippen MR) is 84.7 cm³/mol. The van der Waals surface area contributed by atoms with Crippen molar-refractivity contribution in [1.29, 1.82) is 0 Å². The first kappa shape index (κ1) is 16.0. The molecule has 0 aliphatic rings. The van der Waals surface area contributed by atoms with Crippen LogP contribution in [-0.4, -0.2) is 46.5 Å². The van der Waals surface area contributed by atoms with Gasteiger partial charge in [0.25, 0.3) is 5.91 Å². The fourth-order valence-corrected chi connectivity index (χ4v) is 2.39. The van der Waals surface area contributed by atoms with E-state index in [-0.39, 0.29) is 17.7 Å². The molecule has 118 valence electrons. The van der Waals surface area contributed by atoms with Gasteiger partial charge in [0.05, 0.1) is 17.3 Å². The van der Waals surface area contributed by atoms with Crippen molar-refractivity contribution in [3.63, 3.8) is 0 Å². The van der Waals surface area contributed by atoms with Crippen LogP contribution in [0, 0.1) is 12.8 Å². The topological polar surface area (TPSA) is 66.7 Å². The Balaban J connectivity index is 2.32. The summed E-state index contributed by atoms with van der Waals surface area (Å²) < 4.78 is 1.67. The Kier molecular flexibility index (Phi) is 4.49. The van der Waals surface area contributed by atoms with Gasteiger partial charge in [0.15, 0.2) is 0 Å². The van der Waals surface area contributed by atoms with Crippen LogP contribution in [0.15, 0.2) is 24.5 Å². The van der Waals surface area contributed by atoms with E-state index in [1.165, 1.54) is 11.1 Å². The summed E-state index contributed by atoms with van der Waals surface area (Å²) in [5, 5.41) is 7.03. The zero-order chi connectivity index (χ0) is 16.4. The summed E-state index contributed by atoms with van der Waals surface area (Å²) >= 11 is 0. The van der Waals surface area contributed by atoms with E-state index in [4.69, 9.17) is 0 Å². The van der Waals surface area contributed by atoms with Crippen LogP contribution in [0.3, 0.4) is 0 Å². The molecule has 0 aliphatic heterocycles. The second-order valence-corrected chi connectivity index (χ2v) is 5.97. The minimum absolute atomic E-state index is 0.00165. The van der Waals surface area contributed by atoms with E-state index in [9.17, 15) is 9.59 Å². The average molecular weight is 302 g/mol. The number of hydrogen-bond acceptors (Lipinski definition) is 3. The lowest BCUT2D eigenvalue weighted by Crippen LogP contribution is -2.49. The van der Waals surface area contributed by atoms with Crippen molar-refractivity contribution in [3.05, 3.63) is 35.7 Å². The Bertz CT molecular complexity index is 703. The maximum atomic E-state index is 12.6. The molecule has 0 saturated carbocycles. The van der Waals surface area contributed by atoms with Crippen molar-refractivity contribution in [2.75, 3.05) is 14.1 Å². The number of nitrogens with zero attached hydrogens (tertiary/aromatic N) is 3. The Labute approximate surface area is 130 Å². The second-order valence-electron chi connectivity index (χ2n) is 5.97. The molecular weight excluding hydrogens is 280 g/mol. The molecule has 6 nitrogen and oxygen atoms in total. The van der Waals surface area contributed by atoms with Crippen LogP contribution in [0.25, 0.3) is 5.52 Å². The number of hydrogen-bond donors (Lipinski definition) is 1. The van der Waals surface area contributed by atoms with E-state index in [1.807, 2.05) is 32.9 Å². The van der Waals surface area contributed by atoms with Gasteiger partial charge in [-0.1, -0.05) is 19.9 Å². The van der Waals surface area contributed by atoms with Gasteiger partial charge in [-0.15, -0.1) is 0 Å². The molecular formula is C16H22N4O2. The number of carbonyl (C=O) groups is 2. The maximum Gasteiger partial charge on any atom is 0.255 e. The second kappa shape index (κ2) is 6.17. The first-order valence-electron chi connectivity index (χ1n) is 7.28. The number of amides is 2. The molecule has 1 unspecified atom stereocenters. The maximum absolute atomic E-state index is 12.6. The number of aryl methyl sites for hydroxylation is 1. The van der Waals surface area contributed by atoms with Gasteiger partial charge >= 0.3 is 0 Å². The molecule has 0 bridgehead atoms. The molecule has 1 atom stereocenters. The molecule has 0 aliphatic carbocycles. The third-order valence-corrected chi connectivity index (χ3v) is 3.65. The van der Waals surface area contributed by atoms with Gasteiger partial charge in [-0.3, -0.25) is 9.59 Å². The average Bonchev–Trinajstić information content (AvgIpc) is 2.88. The fraction of sp³-hybridized carbons (Fsp3) is 0.438. The van der Waals surface area contributed by atoms with Gasteiger partial charge in [0.1, 0.15) is 6.04 Å². The molecule has 0 fully saturated rings. The number of aromatic nitrogens is 2. The third-order valence-electron chi connectivity index (χ3n) is 3.65. The van der Waals surface area contributed by atoms with Crippen molar-refractivity contribution < 1.29 is 9.59 Å². The minimum Gasteiger partial charge on any atom is -0.347 e. The quantitative estimate of drug-likeness (QED) is 0.930. The Morgan fingerprint density at radius 2 is 2.00 bits per heavy atom. The van der Waals surface area contributed by atoms with Crippen LogP contribution < -0.4 is 5.32 Å². The lowest BCUT2D eigenvalue weighted by Gasteiger charge is -2.24. The molecule has 22 heavy (non-hydrogen) atoms. The van der Waals surface area contributed by atoms with Crippen molar-refractivity contribution in [3.8, 4) is 0 Å². The first-order chi connectivity index (χ1) is 10.3. The molecule has 0 spiro atoms. The summed E-state index contributed by atoms with van der Waals surface area (Å²) in [5.74, 6) is -0.392. The van der Waals surface area contributed by atoms with E-state index in [0.717, 1.165) is 11.1 Å². The highest BCUT2D eigenvalue weighted by atomic mass is 16.2.